The molecule has 1 unspecified atom stereocenters. The predicted molar refractivity (Wildman–Crippen MR) is 131 cm³/mol. The van der Waals surface area contributed by atoms with Crippen LogP contribution in [0.3, 0.4) is 0 Å². The summed E-state index contributed by atoms with van der Waals surface area (Å²) in [5.41, 5.74) is 7.03. The zero-order valence-electron chi connectivity index (χ0n) is 18.9. The lowest BCUT2D eigenvalue weighted by atomic mass is 9.92. The first kappa shape index (κ1) is 23.4. The quantitative estimate of drug-likeness (QED) is 0.539. The minimum Gasteiger partial charge on any atom is -0.444 e. The van der Waals surface area contributed by atoms with Crippen LogP contribution in [0.4, 0.5) is 4.79 Å². The van der Waals surface area contributed by atoms with Crippen molar-refractivity contribution in [3.05, 3.63) is 46.7 Å². The van der Waals surface area contributed by atoms with Crippen LogP contribution in [0.2, 0.25) is 5.02 Å². The zero-order chi connectivity index (χ0) is 23.8. The van der Waals surface area contributed by atoms with E-state index in [0.29, 0.717) is 24.5 Å². The molecule has 2 N–H and O–H groups in total. The van der Waals surface area contributed by atoms with Crippen molar-refractivity contribution in [2.75, 3.05) is 13.1 Å². The molecule has 2 aromatic heterocycles. The van der Waals surface area contributed by atoms with Crippen molar-refractivity contribution in [1.82, 2.24) is 15.1 Å². The smallest absolute Gasteiger partial charge is 0.410 e. The van der Waals surface area contributed by atoms with Crippen LogP contribution >= 0.6 is 22.9 Å². The maximum atomic E-state index is 12.5. The highest BCUT2D eigenvalue weighted by molar-refractivity contribution is 7.22. The molecule has 0 saturated carbocycles. The number of fused-ring (bicyclic) bond motifs is 1. The summed E-state index contributed by atoms with van der Waals surface area (Å²) in [5.74, 6) is -0.376. The van der Waals surface area contributed by atoms with Gasteiger partial charge in [0.15, 0.2) is 5.69 Å². The highest BCUT2D eigenvalue weighted by Gasteiger charge is 2.29. The van der Waals surface area contributed by atoms with Crippen molar-refractivity contribution in [2.45, 2.75) is 45.6 Å². The van der Waals surface area contributed by atoms with E-state index < -0.39 is 11.5 Å². The molecule has 1 saturated heterocycles. The molecule has 3 heterocycles. The molecular weight excluding hydrogens is 460 g/mol. The van der Waals surface area contributed by atoms with Gasteiger partial charge in [-0.1, -0.05) is 23.7 Å². The number of aromatic nitrogens is 2. The minimum absolute atomic E-state index is 0.179. The molecule has 174 valence electrons. The molecule has 1 aromatic carbocycles. The number of hydrogen-bond donors (Lipinski definition) is 1. The molecule has 1 aliphatic heterocycles. The minimum atomic E-state index is -0.600. The van der Waals surface area contributed by atoms with E-state index in [4.69, 9.17) is 22.1 Å². The van der Waals surface area contributed by atoms with Gasteiger partial charge in [-0.15, -0.1) is 16.4 Å². The van der Waals surface area contributed by atoms with Crippen LogP contribution in [0.15, 0.2) is 30.3 Å². The van der Waals surface area contributed by atoms with Gasteiger partial charge in [0, 0.05) is 28.4 Å². The van der Waals surface area contributed by atoms with E-state index in [1.54, 1.807) is 4.90 Å². The molecule has 9 heteroatoms. The Hall–Kier alpha value is -2.71. The van der Waals surface area contributed by atoms with Crippen LogP contribution in [-0.4, -0.2) is 45.8 Å². The fourth-order valence-electron chi connectivity index (χ4n) is 4.06. The number of hydrogen-bond acceptors (Lipinski definition) is 6. The molecule has 33 heavy (non-hydrogen) atoms. The van der Waals surface area contributed by atoms with Crippen molar-refractivity contribution in [2.24, 2.45) is 11.7 Å². The van der Waals surface area contributed by atoms with Gasteiger partial charge in [-0.25, -0.2) is 4.79 Å². The van der Waals surface area contributed by atoms with E-state index in [2.05, 4.69) is 10.2 Å². The molecule has 1 fully saturated rings. The number of carbonyl (C=O) groups is 2. The van der Waals surface area contributed by atoms with Crippen LogP contribution in [0.25, 0.3) is 20.5 Å². The van der Waals surface area contributed by atoms with E-state index in [0.717, 1.165) is 39.1 Å². The number of likely N-dealkylation sites (tertiary alicyclic amines) is 1. The highest BCUT2D eigenvalue weighted by atomic mass is 35.5. The molecule has 0 aliphatic carbocycles. The molecule has 3 aromatic rings. The van der Waals surface area contributed by atoms with Gasteiger partial charge in [0.2, 0.25) is 0 Å². The zero-order valence-corrected chi connectivity index (χ0v) is 20.5. The number of carbonyl (C=O) groups excluding carboxylic acids is 2. The lowest BCUT2D eigenvalue weighted by molar-refractivity contribution is 0.0165. The second kappa shape index (κ2) is 9.27. The molecule has 0 bridgehead atoms. The maximum absolute atomic E-state index is 12.5. The lowest BCUT2D eigenvalue weighted by Gasteiger charge is -2.34. The normalized spacial score (nSPS) is 16.7. The number of halogens is 1. The largest absolute Gasteiger partial charge is 0.444 e. The number of nitrogens with two attached hydrogens (primary N) is 1. The summed E-state index contributed by atoms with van der Waals surface area (Å²) in [6.45, 7) is 6.89. The Morgan fingerprint density at radius 2 is 1.97 bits per heavy atom. The summed E-state index contributed by atoms with van der Waals surface area (Å²) in [5, 5.41) is 10.1. The standard InChI is InChI=1S/C24H27ClN4O3S/c1-24(2,3)32-23(31)29-10-4-5-14(13-29)11-18-17-12-19(15-6-8-16(25)9-7-15)33-21(17)20(22(26)30)28-27-18/h6-9,12,14H,4-5,10-11,13H2,1-3H3,(H2,26,30). The number of amides is 2. The van der Waals surface area contributed by atoms with E-state index >= 15 is 0 Å². The van der Waals surface area contributed by atoms with Gasteiger partial charge in [0.1, 0.15) is 5.60 Å². The third kappa shape index (κ3) is 5.45. The van der Waals surface area contributed by atoms with E-state index in [1.165, 1.54) is 11.3 Å². The molecule has 2 amide bonds. The number of benzene rings is 1. The van der Waals surface area contributed by atoms with Crippen LogP contribution in [0.5, 0.6) is 0 Å². The molecule has 7 nitrogen and oxygen atoms in total. The second-order valence-corrected chi connectivity index (χ2v) is 10.8. The molecule has 4 rings (SSSR count). The average Bonchev–Trinajstić information content (AvgIpc) is 3.19. The fraction of sp³-hybridized carbons (Fsp3) is 0.417. The molecule has 0 spiro atoms. The number of ether oxygens (including phenoxy) is 1. The Kier molecular flexibility index (Phi) is 6.59. The van der Waals surface area contributed by atoms with E-state index in [-0.39, 0.29) is 17.7 Å². The van der Waals surface area contributed by atoms with Gasteiger partial charge in [-0.3, -0.25) is 4.79 Å². The van der Waals surface area contributed by atoms with Crippen LogP contribution in [0, 0.1) is 5.92 Å². The van der Waals surface area contributed by atoms with E-state index in [1.807, 2.05) is 51.1 Å². The third-order valence-electron chi connectivity index (χ3n) is 5.54. The number of primary amides is 1. The Morgan fingerprint density at radius 3 is 2.64 bits per heavy atom. The maximum Gasteiger partial charge on any atom is 0.410 e. The van der Waals surface area contributed by atoms with Crippen molar-refractivity contribution < 1.29 is 14.3 Å². The Morgan fingerprint density at radius 1 is 1.24 bits per heavy atom. The number of thiophene rings is 1. The average molecular weight is 487 g/mol. The summed E-state index contributed by atoms with van der Waals surface area (Å²) >= 11 is 7.50. The second-order valence-electron chi connectivity index (χ2n) is 9.36. The van der Waals surface area contributed by atoms with Gasteiger partial charge in [0.05, 0.1) is 10.4 Å². The molecule has 0 radical (unpaired) electrons. The van der Waals surface area contributed by atoms with Gasteiger partial charge >= 0.3 is 6.09 Å². The predicted octanol–water partition coefficient (Wildman–Crippen LogP) is 5.30. The lowest BCUT2D eigenvalue weighted by Crippen LogP contribution is -2.43. The monoisotopic (exact) mass is 486 g/mol. The van der Waals surface area contributed by atoms with Crippen molar-refractivity contribution in [3.63, 3.8) is 0 Å². The molecule has 1 aliphatic rings. The summed E-state index contributed by atoms with van der Waals surface area (Å²) in [7, 11) is 0. The van der Waals surface area contributed by atoms with Crippen LogP contribution in [0.1, 0.15) is 49.8 Å². The summed E-state index contributed by atoms with van der Waals surface area (Å²) < 4.78 is 6.28. The molecular formula is C24H27ClN4O3S. The third-order valence-corrected chi connectivity index (χ3v) is 6.99. The Labute approximate surface area is 201 Å². The Balaban J connectivity index is 1.62. The molecule has 1 atom stereocenters. The fourth-order valence-corrected chi connectivity index (χ4v) is 5.36. The summed E-state index contributed by atoms with van der Waals surface area (Å²) in [6.07, 6.45) is 2.25. The SMILES string of the molecule is CC(C)(C)OC(=O)N1CCCC(Cc2nnc(C(N)=O)c3sc(-c4ccc(Cl)cc4)cc23)C1. The number of nitrogens with zero attached hydrogens (tertiary/aromatic N) is 3. The topological polar surface area (TPSA) is 98.4 Å². The highest BCUT2D eigenvalue weighted by Crippen LogP contribution is 2.37. The van der Waals surface area contributed by atoms with Gasteiger partial charge < -0.3 is 15.4 Å². The van der Waals surface area contributed by atoms with Crippen molar-refractivity contribution in [1.29, 1.82) is 0 Å². The van der Waals surface area contributed by atoms with Crippen LogP contribution < -0.4 is 5.73 Å². The first-order chi connectivity index (χ1) is 15.6. The van der Waals surface area contributed by atoms with Gasteiger partial charge in [0.25, 0.3) is 5.91 Å². The first-order valence-electron chi connectivity index (χ1n) is 10.9. The summed E-state index contributed by atoms with van der Waals surface area (Å²) in [6, 6.07) is 9.59. The van der Waals surface area contributed by atoms with Crippen molar-refractivity contribution in [3.8, 4) is 10.4 Å². The van der Waals surface area contributed by atoms with Gasteiger partial charge in [-0.05, 0) is 69.7 Å². The number of rotatable bonds is 4. The van der Waals surface area contributed by atoms with E-state index in [9.17, 15) is 9.59 Å². The first-order valence-corrected chi connectivity index (χ1v) is 12.1. The van der Waals surface area contributed by atoms with Gasteiger partial charge in [-0.2, -0.15) is 5.10 Å². The Bertz CT molecular complexity index is 1190. The summed E-state index contributed by atoms with van der Waals surface area (Å²) in [4.78, 5) is 27.3. The van der Waals surface area contributed by atoms with Crippen molar-refractivity contribution >= 4 is 45.0 Å². The van der Waals surface area contributed by atoms with Crippen LogP contribution in [-0.2, 0) is 11.2 Å². The number of piperidine rings is 1.